The Hall–Kier alpha value is -1.10. The molecule has 1 aliphatic carbocycles. The van der Waals surface area contributed by atoms with Crippen molar-refractivity contribution in [2.24, 2.45) is 5.92 Å². The fourth-order valence-electron chi connectivity index (χ4n) is 3.62. The molecule has 1 N–H and O–H groups in total. The van der Waals surface area contributed by atoms with Gasteiger partial charge in [-0.1, -0.05) is 0 Å². The molecule has 0 bridgehead atoms. The van der Waals surface area contributed by atoms with E-state index in [4.69, 9.17) is 4.74 Å². The molecule has 21 heavy (non-hydrogen) atoms. The van der Waals surface area contributed by atoms with E-state index in [-0.39, 0.29) is 17.9 Å². The summed E-state index contributed by atoms with van der Waals surface area (Å²) in [6.45, 7) is 5.25. The summed E-state index contributed by atoms with van der Waals surface area (Å²) in [5.41, 5.74) is -0.673. The van der Waals surface area contributed by atoms with Crippen molar-refractivity contribution in [3.8, 4) is 0 Å². The Kier molecular flexibility index (Phi) is 3.95. The molecule has 0 aromatic carbocycles. The quantitative estimate of drug-likeness (QED) is 0.835. The third-order valence-electron chi connectivity index (χ3n) is 5.28. The topological polar surface area (TPSA) is 58.6 Å². The largest absolute Gasteiger partial charge is 0.378 e. The van der Waals surface area contributed by atoms with Crippen LogP contribution < -0.4 is 5.32 Å². The van der Waals surface area contributed by atoms with Crippen LogP contribution in [0.25, 0.3) is 0 Å². The van der Waals surface area contributed by atoms with Crippen LogP contribution in [0.4, 0.5) is 0 Å². The molecule has 3 rings (SSSR count). The van der Waals surface area contributed by atoms with E-state index in [2.05, 4.69) is 5.32 Å². The van der Waals surface area contributed by atoms with Crippen molar-refractivity contribution < 1.29 is 14.3 Å². The number of hydrogen-bond acceptors (Lipinski definition) is 3. The first-order chi connectivity index (χ1) is 10.0. The van der Waals surface area contributed by atoms with Crippen LogP contribution in [0.2, 0.25) is 0 Å². The van der Waals surface area contributed by atoms with E-state index >= 15 is 0 Å². The van der Waals surface area contributed by atoms with Gasteiger partial charge in [-0.15, -0.1) is 0 Å². The molecule has 0 spiro atoms. The minimum atomic E-state index is -0.673. The van der Waals surface area contributed by atoms with Gasteiger partial charge in [-0.25, -0.2) is 0 Å². The number of rotatable bonds is 5. The van der Waals surface area contributed by atoms with Crippen molar-refractivity contribution in [1.29, 1.82) is 0 Å². The van der Waals surface area contributed by atoms with Crippen molar-refractivity contribution in [3.63, 3.8) is 0 Å². The summed E-state index contributed by atoms with van der Waals surface area (Å²) in [4.78, 5) is 26.8. The predicted molar refractivity (Wildman–Crippen MR) is 78.7 cm³/mol. The van der Waals surface area contributed by atoms with E-state index in [1.807, 2.05) is 13.8 Å². The number of nitrogens with one attached hydrogen (secondary N) is 1. The summed E-state index contributed by atoms with van der Waals surface area (Å²) >= 11 is 0. The van der Waals surface area contributed by atoms with Crippen LogP contribution >= 0.6 is 0 Å². The maximum atomic E-state index is 12.8. The molecule has 5 heteroatoms. The van der Waals surface area contributed by atoms with E-state index in [9.17, 15) is 9.59 Å². The van der Waals surface area contributed by atoms with Crippen molar-refractivity contribution in [2.45, 2.75) is 70.1 Å². The van der Waals surface area contributed by atoms with E-state index in [0.717, 1.165) is 45.1 Å². The second-order valence-corrected chi connectivity index (χ2v) is 6.92. The van der Waals surface area contributed by atoms with Gasteiger partial charge in [0.25, 0.3) is 0 Å². The molecule has 3 unspecified atom stereocenters. The predicted octanol–water partition coefficient (Wildman–Crippen LogP) is 1.46. The number of hydrogen-bond donors (Lipinski definition) is 1. The van der Waals surface area contributed by atoms with Gasteiger partial charge < -0.3 is 15.0 Å². The summed E-state index contributed by atoms with van der Waals surface area (Å²) in [7, 11) is 0. The van der Waals surface area contributed by atoms with Gasteiger partial charge in [0.1, 0.15) is 11.6 Å². The molecule has 2 heterocycles. The zero-order chi connectivity index (χ0) is 15.0. The molecular formula is C16H26N2O3. The van der Waals surface area contributed by atoms with Gasteiger partial charge >= 0.3 is 0 Å². The molecule has 2 amide bonds. The first-order valence-corrected chi connectivity index (χ1v) is 8.27. The average molecular weight is 294 g/mol. The van der Waals surface area contributed by atoms with Crippen molar-refractivity contribution >= 4 is 11.8 Å². The zero-order valence-corrected chi connectivity index (χ0v) is 13.1. The van der Waals surface area contributed by atoms with Crippen molar-refractivity contribution in [2.75, 3.05) is 13.2 Å². The third-order valence-corrected chi connectivity index (χ3v) is 5.28. The van der Waals surface area contributed by atoms with E-state index < -0.39 is 5.54 Å². The smallest absolute Gasteiger partial charge is 0.248 e. The molecule has 2 saturated heterocycles. The fourth-order valence-corrected chi connectivity index (χ4v) is 3.62. The Labute approximate surface area is 126 Å². The lowest BCUT2D eigenvalue weighted by atomic mass is 9.89. The summed E-state index contributed by atoms with van der Waals surface area (Å²) < 4.78 is 5.62. The van der Waals surface area contributed by atoms with Crippen LogP contribution in [0.1, 0.15) is 52.4 Å². The summed E-state index contributed by atoms with van der Waals surface area (Å²) in [6.07, 6.45) is 6.60. The number of carbonyl (C=O) groups excluding carboxylic acids is 2. The van der Waals surface area contributed by atoms with Crippen molar-refractivity contribution in [3.05, 3.63) is 0 Å². The van der Waals surface area contributed by atoms with Crippen LogP contribution in [-0.4, -0.2) is 47.6 Å². The molecule has 5 nitrogen and oxygen atoms in total. The average Bonchev–Trinajstić information content (AvgIpc) is 3.19. The highest BCUT2D eigenvalue weighted by molar-refractivity contribution is 5.99. The maximum absolute atomic E-state index is 12.8. The van der Waals surface area contributed by atoms with E-state index in [0.29, 0.717) is 18.6 Å². The van der Waals surface area contributed by atoms with Crippen LogP contribution in [0.3, 0.4) is 0 Å². The minimum absolute atomic E-state index is 0.0129. The van der Waals surface area contributed by atoms with Crippen LogP contribution in [0.15, 0.2) is 0 Å². The molecule has 0 aromatic heterocycles. The highest BCUT2D eigenvalue weighted by atomic mass is 16.5. The van der Waals surface area contributed by atoms with Gasteiger partial charge in [0, 0.05) is 13.2 Å². The normalized spacial score (nSPS) is 37.0. The lowest BCUT2D eigenvalue weighted by Crippen LogP contribution is -2.69. The van der Waals surface area contributed by atoms with Crippen LogP contribution in [0.5, 0.6) is 0 Å². The number of amides is 2. The Morgan fingerprint density at radius 1 is 1.33 bits per heavy atom. The Morgan fingerprint density at radius 2 is 2.10 bits per heavy atom. The summed E-state index contributed by atoms with van der Waals surface area (Å²) in [5.74, 6) is 0.410. The lowest BCUT2D eigenvalue weighted by molar-refractivity contribution is -0.154. The van der Waals surface area contributed by atoms with E-state index in [1.165, 1.54) is 0 Å². The highest BCUT2D eigenvalue weighted by Gasteiger charge is 2.54. The van der Waals surface area contributed by atoms with Crippen LogP contribution in [0, 0.1) is 5.92 Å². The molecule has 118 valence electrons. The standard InChI is InChI=1S/C16H26N2O3/c1-11-14(19)17-16(2,12-7-8-12)15(20)18(11)9-3-5-13-6-4-10-21-13/h11-13H,3-10H2,1-2H3,(H,17,19). The van der Waals surface area contributed by atoms with Gasteiger partial charge in [-0.2, -0.15) is 0 Å². The molecule has 2 aliphatic heterocycles. The number of piperazine rings is 1. The van der Waals surface area contributed by atoms with Gasteiger partial charge in [-0.05, 0) is 58.3 Å². The first kappa shape index (κ1) is 14.8. The summed E-state index contributed by atoms with van der Waals surface area (Å²) in [5, 5.41) is 2.96. The van der Waals surface area contributed by atoms with Crippen molar-refractivity contribution in [1.82, 2.24) is 10.2 Å². The number of ether oxygens (including phenoxy) is 1. The maximum Gasteiger partial charge on any atom is 0.248 e. The third kappa shape index (κ3) is 2.80. The Bertz CT molecular complexity index is 429. The fraction of sp³-hybridized carbons (Fsp3) is 0.875. The molecular weight excluding hydrogens is 268 g/mol. The Balaban J connectivity index is 1.60. The first-order valence-electron chi connectivity index (χ1n) is 8.27. The second-order valence-electron chi connectivity index (χ2n) is 6.92. The highest BCUT2D eigenvalue weighted by Crippen LogP contribution is 2.42. The van der Waals surface area contributed by atoms with Gasteiger partial charge in [0.15, 0.2) is 0 Å². The lowest BCUT2D eigenvalue weighted by Gasteiger charge is -2.43. The van der Waals surface area contributed by atoms with E-state index in [1.54, 1.807) is 4.90 Å². The molecule has 0 aromatic rings. The molecule has 0 radical (unpaired) electrons. The second kappa shape index (κ2) is 5.59. The molecule has 3 atom stereocenters. The number of nitrogens with zero attached hydrogens (tertiary/aromatic N) is 1. The minimum Gasteiger partial charge on any atom is -0.378 e. The van der Waals surface area contributed by atoms with Crippen LogP contribution in [-0.2, 0) is 14.3 Å². The number of carbonyl (C=O) groups is 2. The monoisotopic (exact) mass is 294 g/mol. The van der Waals surface area contributed by atoms with Gasteiger partial charge in [-0.3, -0.25) is 9.59 Å². The zero-order valence-electron chi connectivity index (χ0n) is 13.1. The van der Waals surface area contributed by atoms with Gasteiger partial charge in [0.2, 0.25) is 11.8 Å². The Morgan fingerprint density at radius 3 is 2.71 bits per heavy atom. The molecule has 1 saturated carbocycles. The molecule has 3 aliphatic rings. The summed E-state index contributed by atoms with van der Waals surface area (Å²) in [6, 6.07) is -0.353. The molecule has 3 fully saturated rings. The van der Waals surface area contributed by atoms with Gasteiger partial charge in [0.05, 0.1) is 6.10 Å². The SMILES string of the molecule is CC1C(=O)NC(C)(C2CC2)C(=O)N1CCCC1CCCO1.